The Kier molecular flexibility index (Phi) is 8.32. The SMILES string of the molecule is CN=C(NCc1ccnc(Oc2ccc(C)c(C)c2)c1)N1CCS(=O)(=O)C(C)(C)C1.I. The number of halogens is 1. The Bertz CT molecular complexity index is 1050. The number of guanidine groups is 1. The normalized spacial score (nSPS) is 17.6. The molecule has 1 saturated heterocycles. The van der Waals surface area contributed by atoms with E-state index in [0.717, 1.165) is 11.3 Å². The Balaban J connectivity index is 0.00000341. The van der Waals surface area contributed by atoms with Crippen LogP contribution in [0.3, 0.4) is 0 Å². The number of nitrogens with zero attached hydrogens (tertiary/aromatic N) is 3. The third-order valence-corrected chi connectivity index (χ3v) is 8.04. The molecule has 7 nitrogen and oxygen atoms in total. The molecule has 1 fully saturated rings. The molecular formula is C22H31IN4O3S. The minimum Gasteiger partial charge on any atom is -0.439 e. The highest BCUT2D eigenvalue weighted by Gasteiger charge is 2.40. The molecule has 1 aliphatic heterocycles. The fourth-order valence-corrected chi connectivity index (χ4v) is 4.72. The Hall–Kier alpha value is -1.88. The van der Waals surface area contributed by atoms with Gasteiger partial charge in [0.25, 0.3) is 0 Å². The number of aliphatic imine (C=N–C) groups is 1. The third kappa shape index (κ3) is 6.09. The van der Waals surface area contributed by atoms with E-state index in [1.807, 2.05) is 35.2 Å². The zero-order valence-electron chi connectivity index (χ0n) is 18.7. The zero-order chi connectivity index (χ0) is 21.9. The van der Waals surface area contributed by atoms with Gasteiger partial charge in [-0.05, 0) is 62.6 Å². The summed E-state index contributed by atoms with van der Waals surface area (Å²) in [7, 11) is -1.39. The van der Waals surface area contributed by atoms with E-state index in [9.17, 15) is 8.42 Å². The van der Waals surface area contributed by atoms with Gasteiger partial charge in [0.15, 0.2) is 15.8 Å². The maximum Gasteiger partial charge on any atom is 0.219 e. The quantitative estimate of drug-likeness (QED) is 0.350. The van der Waals surface area contributed by atoms with Crippen molar-refractivity contribution in [2.45, 2.75) is 39.0 Å². The maximum atomic E-state index is 12.3. The predicted molar refractivity (Wildman–Crippen MR) is 135 cm³/mol. The van der Waals surface area contributed by atoms with Gasteiger partial charge < -0.3 is 15.0 Å². The van der Waals surface area contributed by atoms with E-state index < -0.39 is 14.6 Å². The van der Waals surface area contributed by atoms with Crippen LogP contribution in [0, 0.1) is 13.8 Å². The molecule has 9 heteroatoms. The molecule has 1 N–H and O–H groups in total. The van der Waals surface area contributed by atoms with Gasteiger partial charge in [-0.25, -0.2) is 13.4 Å². The molecule has 0 unspecified atom stereocenters. The Morgan fingerprint density at radius 3 is 2.61 bits per heavy atom. The minimum absolute atomic E-state index is 0. The predicted octanol–water partition coefficient (Wildman–Crippen LogP) is 3.69. The van der Waals surface area contributed by atoms with Gasteiger partial charge in [0.2, 0.25) is 5.88 Å². The van der Waals surface area contributed by atoms with E-state index in [0.29, 0.717) is 31.5 Å². The summed E-state index contributed by atoms with van der Waals surface area (Å²) in [6.45, 7) is 9.02. The molecule has 1 aliphatic rings. The monoisotopic (exact) mass is 558 g/mol. The number of aryl methyl sites for hydroxylation is 2. The van der Waals surface area contributed by atoms with Crippen molar-refractivity contribution in [2.75, 3.05) is 25.9 Å². The van der Waals surface area contributed by atoms with Crippen LogP contribution in [0.4, 0.5) is 0 Å². The molecule has 2 aromatic rings. The van der Waals surface area contributed by atoms with Gasteiger partial charge in [-0.2, -0.15) is 0 Å². The van der Waals surface area contributed by atoms with Crippen LogP contribution < -0.4 is 10.1 Å². The van der Waals surface area contributed by atoms with Crippen LogP contribution in [0.1, 0.15) is 30.5 Å². The number of rotatable bonds is 4. The summed E-state index contributed by atoms with van der Waals surface area (Å²) in [6.07, 6.45) is 1.72. The lowest BCUT2D eigenvalue weighted by atomic mass is 10.1. The first-order valence-electron chi connectivity index (χ1n) is 9.99. The van der Waals surface area contributed by atoms with Crippen molar-refractivity contribution in [3.63, 3.8) is 0 Å². The number of hydrogen-bond acceptors (Lipinski definition) is 5. The Labute approximate surface area is 202 Å². The lowest BCUT2D eigenvalue weighted by Gasteiger charge is -2.39. The third-order valence-electron chi connectivity index (χ3n) is 5.51. The lowest BCUT2D eigenvalue weighted by Crippen LogP contribution is -2.57. The smallest absolute Gasteiger partial charge is 0.219 e. The van der Waals surface area contributed by atoms with E-state index >= 15 is 0 Å². The first-order chi connectivity index (χ1) is 14.1. The number of aromatic nitrogens is 1. The van der Waals surface area contributed by atoms with Gasteiger partial charge in [0.1, 0.15) is 5.75 Å². The lowest BCUT2D eigenvalue weighted by molar-refractivity contribution is 0.353. The summed E-state index contributed by atoms with van der Waals surface area (Å²) in [4.78, 5) is 10.6. The van der Waals surface area contributed by atoms with Crippen molar-refractivity contribution in [1.29, 1.82) is 0 Å². The summed E-state index contributed by atoms with van der Waals surface area (Å²) in [6, 6.07) is 9.76. The summed E-state index contributed by atoms with van der Waals surface area (Å²) in [5.41, 5.74) is 3.38. The summed E-state index contributed by atoms with van der Waals surface area (Å²) < 4.78 is 29.6. The van der Waals surface area contributed by atoms with Crippen molar-refractivity contribution >= 4 is 39.8 Å². The molecule has 0 saturated carbocycles. The van der Waals surface area contributed by atoms with E-state index in [2.05, 4.69) is 29.1 Å². The molecular weight excluding hydrogens is 527 g/mol. The summed E-state index contributed by atoms with van der Waals surface area (Å²) >= 11 is 0. The van der Waals surface area contributed by atoms with Crippen LogP contribution in [0.15, 0.2) is 41.5 Å². The van der Waals surface area contributed by atoms with Gasteiger partial charge in [0, 0.05) is 38.9 Å². The van der Waals surface area contributed by atoms with Gasteiger partial charge in [-0.15, -0.1) is 24.0 Å². The maximum absolute atomic E-state index is 12.3. The largest absolute Gasteiger partial charge is 0.439 e. The molecule has 1 aromatic carbocycles. The fourth-order valence-electron chi connectivity index (χ4n) is 3.35. The van der Waals surface area contributed by atoms with Crippen LogP contribution in [-0.2, 0) is 16.4 Å². The average molecular weight is 558 g/mol. The van der Waals surface area contributed by atoms with Crippen LogP contribution in [0.2, 0.25) is 0 Å². The van der Waals surface area contributed by atoms with E-state index in [4.69, 9.17) is 4.74 Å². The molecule has 0 spiro atoms. The van der Waals surface area contributed by atoms with Gasteiger partial charge in [-0.3, -0.25) is 4.99 Å². The Morgan fingerprint density at radius 2 is 1.97 bits per heavy atom. The van der Waals surface area contributed by atoms with Gasteiger partial charge in [0.05, 0.1) is 10.5 Å². The highest BCUT2D eigenvalue weighted by molar-refractivity contribution is 14.0. The zero-order valence-corrected chi connectivity index (χ0v) is 21.8. The second-order valence-electron chi connectivity index (χ2n) is 8.25. The topological polar surface area (TPSA) is 83.9 Å². The highest BCUT2D eigenvalue weighted by Crippen LogP contribution is 2.24. The molecule has 3 rings (SSSR count). The van der Waals surface area contributed by atoms with Crippen LogP contribution in [0.5, 0.6) is 11.6 Å². The van der Waals surface area contributed by atoms with Crippen molar-refractivity contribution in [3.8, 4) is 11.6 Å². The average Bonchev–Trinajstić information content (AvgIpc) is 2.68. The second kappa shape index (κ2) is 10.2. The van der Waals surface area contributed by atoms with Crippen LogP contribution in [-0.4, -0.2) is 54.9 Å². The van der Waals surface area contributed by atoms with Crippen LogP contribution >= 0.6 is 24.0 Å². The molecule has 1 aromatic heterocycles. The minimum atomic E-state index is -3.09. The molecule has 170 valence electrons. The van der Waals surface area contributed by atoms with Crippen molar-refractivity contribution < 1.29 is 13.2 Å². The molecule has 0 radical (unpaired) electrons. The van der Waals surface area contributed by atoms with E-state index in [-0.39, 0.29) is 29.7 Å². The number of hydrogen-bond donors (Lipinski definition) is 1. The van der Waals surface area contributed by atoms with E-state index in [1.165, 1.54) is 11.1 Å². The Morgan fingerprint density at radius 1 is 1.23 bits per heavy atom. The number of ether oxygens (including phenoxy) is 1. The van der Waals surface area contributed by atoms with Gasteiger partial charge >= 0.3 is 0 Å². The molecule has 2 heterocycles. The number of pyridine rings is 1. The first kappa shape index (κ1) is 25.4. The fraction of sp³-hybridized carbons (Fsp3) is 0.455. The summed E-state index contributed by atoms with van der Waals surface area (Å²) in [5.74, 6) is 2.09. The molecule has 0 amide bonds. The van der Waals surface area contributed by atoms with Crippen molar-refractivity contribution in [3.05, 3.63) is 53.2 Å². The number of benzene rings is 1. The molecule has 0 atom stereocenters. The van der Waals surface area contributed by atoms with Crippen molar-refractivity contribution in [2.24, 2.45) is 4.99 Å². The highest BCUT2D eigenvalue weighted by atomic mass is 127. The molecule has 31 heavy (non-hydrogen) atoms. The number of nitrogens with one attached hydrogen (secondary N) is 1. The summed E-state index contributed by atoms with van der Waals surface area (Å²) in [5, 5.41) is 3.33. The molecule has 0 aliphatic carbocycles. The first-order valence-corrected chi connectivity index (χ1v) is 11.6. The standard InChI is InChI=1S/C22H30N4O3S.HI/c1-16-6-7-19(12-17(16)2)29-20-13-18(8-9-24-20)14-25-21(23-5)26-10-11-30(27,28)22(3,4)15-26;/h6-9,12-13H,10-11,14-15H2,1-5H3,(H,23,25);1H. The van der Waals surface area contributed by atoms with E-state index in [1.54, 1.807) is 27.1 Å². The van der Waals surface area contributed by atoms with Gasteiger partial charge in [-0.1, -0.05) is 6.07 Å². The molecule has 0 bridgehead atoms. The van der Waals surface area contributed by atoms with Crippen molar-refractivity contribution in [1.82, 2.24) is 15.2 Å². The number of sulfone groups is 1. The van der Waals surface area contributed by atoms with Crippen LogP contribution in [0.25, 0.3) is 0 Å². The second-order valence-corrected chi connectivity index (χ2v) is 11.0.